The van der Waals surface area contributed by atoms with E-state index in [1.165, 1.54) is 0 Å². The summed E-state index contributed by atoms with van der Waals surface area (Å²) in [4.78, 5) is 18.0. The Balaban J connectivity index is 1.75. The highest BCUT2D eigenvalue weighted by atomic mass is 32.2. The van der Waals surface area contributed by atoms with Crippen molar-refractivity contribution in [3.8, 4) is 0 Å². The highest BCUT2D eigenvalue weighted by molar-refractivity contribution is 7.91. The smallest absolute Gasteiger partial charge is 0.228 e. The highest BCUT2D eigenvalue weighted by Gasteiger charge is 2.26. The summed E-state index contributed by atoms with van der Waals surface area (Å²) >= 11 is 0. The lowest BCUT2D eigenvalue weighted by Gasteiger charge is -2.31. The normalized spacial score (nSPS) is 21.2. The summed E-state index contributed by atoms with van der Waals surface area (Å²) in [6.45, 7) is 4.44. The second-order valence-electron chi connectivity index (χ2n) is 6.09. The molecule has 0 amide bonds. The SMILES string of the molecule is O=S1(=O)CCN(c2nc(N3CCNCC3)nc3cccnc23)CC1. The molecule has 0 spiro atoms. The lowest BCUT2D eigenvalue weighted by molar-refractivity contribution is 0.579. The summed E-state index contributed by atoms with van der Waals surface area (Å²) in [5, 5.41) is 3.32. The van der Waals surface area contributed by atoms with E-state index in [2.05, 4.69) is 20.2 Å². The fourth-order valence-electron chi connectivity index (χ4n) is 3.09. The van der Waals surface area contributed by atoms with Gasteiger partial charge in [-0.2, -0.15) is 4.98 Å². The van der Waals surface area contributed by atoms with E-state index in [9.17, 15) is 8.42 Å². The zero-order valence-corrected chi connectivity index (χ0v) is 14.2. The minimum absolute atomic E-state index is 0.161. The van der Waals surface area contributed by atoms with Crippen LogP contribution in [0, 0.1) is 0 Å². The highest BCUT2D eigenvalue weighted by Crippen LogP contribution is 2.26. The Labute approximate surface area is 140 Å². The molecule has 4 heterocycles. The first-order valence-electron chi connectivity index (χ1n) is 8.16. The Morgan fingerprint density at radius 3 is 2.50 bits per heavy atom. The maximum Gasteiger partial charge on any atom is 0.228 e. The molecule has 24 heavy (non-hydrogen) atoms. The summed E-state index contributed by atoms with van der Waals surface area (Å²) in [5.41, 5.74) is 1.53. The average molecular weight is 348 g/mol. The van der Waals surface area contributed by atoms with Crippen LogP contribution in [0.5, 0.6) is 0 Å². The van der Waals surface area contributed by atoms with Crippen LogP contribution in [0.1, 0.15) is 0 Å². The van der Waals surface area contributed by atoms with Crippen LogP contribution in [0.4, 0.5) is 11.8 Å². The van der Waals surface area contributed by atoms with Crippen LogP contribution < -0.4 is 15.1 Å². The predicted octanol–water partition coefficient (Wildman–Crippen LogP) is -0.331. The number of aromatic nitrogens is 3. The van der Waals surface area contributed by atoms with Gasteiger partial charge in [0.15, 0.2) is 15.7 Å². The standard InChI is InChI=1S/C15H20N6O2S/c22-24(23)10-8-20(9-11-24)14-13-12(2-1-3-17-13)18-15(19-14)21-6-4-16-5-7-21/h1-3,16H,4-11H2. The monoisotopic (exact) mass is 348 g/mol. The number of nitrogens with zero attached hydrogens (tertiary/aromatic N) is 5. The van der Waals surface area contributed by atoms with E-state index in [1.807, 2.05) is 17.0 Å². The fourth-order valence-corrected chi connectivity index (χ4v) is 4.29. The van der Waals surface area contributed by atoms with E-state index < -0.39 is 9.84 Å². The molecule has 0 aliphatic carbocycles. The van der Waals surface area contributed by atoms with Crippen LogP contribution in [-0.4, -0.2) is 74.1 Å². The maximum absolute atomic E-state index is 11.7. The number of anilines is 2. The zero-order chi connectivity index (χ0) is 16.6. The summed E-state index contributed by atoms with van der Waals surface area (Å²) in [7, 11) is -2.93. The van der Waals surface area contributed by atoms with E-state index in [0.717, 1.165) is 43.0 Å². The Morgan fingerprint density at radius 1 is 1.00 bits per heavy atom. The number of hydrogen-bond donors (Lipinski definition) is 1. The van der Waals surface area contributed by atoms with Gasteiger partial charge in [-0.25, -0.2) is 13.4 Å². The van der Waals surface area contributed by atoms with Gasteiger partial charge >= 0.3 is 0 Å². The first-order chi connectivity index (χ1) is 11.6. The molecule has 2 fully saturated rings. The van der Waals surface area contributed by atoms with Crippen LogP contribution in [-0.2, 0) is 9.84 Å². The second kappa shape index (κ2) is 6.14. The van der Waals surface area contributed by atoms with Gasteiger partial charge in [0.25, 0.3) is 0 Å². The van der Waals surface area contributed by atoms with Crippen molar-refractivity contribution in [3.63, 3.8) is 0 Å². The molecule has 0 atom stereocenters. The van der Waals surface area contributed by atoms with Crippen molar-refractivity contribution in [2.75, 3.05) is 60.6 Å². The van der Waals surface area contributed by atoms with E-state index in [1.54, 1.807) is 6.20 Å². The van der Waals surface area contributed by atoms with E-state index in [-0.39, 0.29) is 11.5 Å². The van der Waals surface area contributed by atoms with Gasteiger partial charge in [-0.05, 0) is 12.1 Å². The zero-order valence-electron chi connectivity index (χ0n) is 13.3. The molecule has 0 radical (unpaired) electrons. The first kappa shape index (κ1) is 15.5. The van der Waals surface area contributed by atoms with Crippen LogP contribution >= 0.6 is 0 Å². The molecule has 128 valence electrons. The minimum Gasteiger partial charge on any atom is -0.353 e. The fraction of sp³-hybridized carbons (Fsp3) is 0.533. The average Bonchev–Trinajstić information content (AvgIpc) is 2.62. The molecule has 2 aliphatic heterocycles. The minimum atomic E-state index is -2.93. The maximum atomic E-state index is 11.7. The summed E-state index contributed by atoms with van der Waals surface area (Å²) in [5.74, 6) is 1.76. The number of rotatable bonds is 2. The number of piperazine rings is 1. The Kier molecular flexibility index (Phi) is 3.97. The third kappa shape index (κ3) is 3.01. The van der Waals surface area contributed by atoms with Crippen molar-refractivity contribution in [2.45, 2.75) is 0 Å². The molecule has 2 aromatic heterocycles. The first-order valence-corrected chi connectivity index (χ1v) is 9.98. The third-order valence-corrected chi connectivity index (χ3v) is 6.08. The molecular weight excluding hydrogens is 328 g/mol. The molecule has 0 bridgehead atoms. The van der Waals surface area contributed by atoms with Crippen molar-refractivity contribution in [2.24, 2.45) is 0 Å². The van der Waals surface area contributed by atoms with Crippen LogP contribution in [0.15, 0.2) is 18.3 Å². The molecule has 8 nitrogen and oxygen atoms in total. The van der Waals surface area contributed by atoms with Crippen molar-refractivity contribution in [1.82, 2.24) is 20.3 Å². The van der Waals surface area contributed by atoms with Crippen molar-refractivity contribution in [3.05, 3.63) is 18.3 Å². The number of pyridine rings is 1. The topological polar surface area (TPSA) is 91.3 Å². The second-order valence-corrected chi connectivity index (χ2v) is 8.40. The molecule has 2 aliphatic rings. The lowest BCUT2D eigenvalue weighted by atomic mass is 10.3. The Bertz CT molecular complexity index is 836. The number of fused-ring (bicyclic) bond motifs is 1. The van der Waals surface area contributed by atoms with Gasteiger partial charge in [0, 0.05) is 45.5 Å². The summed E-state index contributed by atoms with van der Waals surface area (Å²) < 4.78 is 23.4. The van der Waals surface area contributed by atoms with E-state index in [4.69, 9.17) is 4.98 Å². The lowest BCUT2D eigenvalue weighted by Crippen LogP contribution is -2.45. The largest absolute Gasteiger partial charge is 0.353 e. The molecule has 0 aromatic carbocycles. The van der Waals surface area contributed by atoms with Crippen molar-refractivity contribution in [1.29, 1.82) is 0 Å². The molecule has 1 N–H and O–H groups in total. The predicted molar refractivity (Wildman–Crippen MR) is 93.3 cm³/mol. The van der Waals surface area contributed by atoms with Gasteiger partial charge in [-0.3, -0.25) is 4.98 Å². The molecule has 4 rings (SSSR count). The van der Waals surface area contributed by atoms with E-state index >= 15 is 0 Å². The molecule has 9 heteroatoms. The molecule has 2 saturated heterocycles. The van der Waals surface area contributed by atoms with Crippen LogP contribution in [0.25, 0.3) is 11.0 Å². The van der Waals surface area contributed by atoms with E-state index in [0.29, 0.717) is 19.0 Å². The molecular formula is C15H20N6O2S. The van der Waals surface area contributed by atoms with Crippen LogP contribution in [0.3, 0.4) is 0 Å². The number of hydrogen-bond acceptors (Lipinski definition) is 8. The molecule has 2 aromatic rings. The summed E-state index contributed by atoms with van der Waals surface area (Å²) in [6, 6.07) is 3.79. The summed E-state index contributed by atoms with van der Waals surface area (Å²) in [6.07, 6.45) is 1.72. The van der Waals surface area contributed by atoms with Crippen LogP contribution in [0.2, 0.25) is 0 Å². The van der Waals surface area contributed by atoms with Gasteiger partial charge in [0.2, 0.25) is 5.95 Å². The van der Waals surface area contributed by atoms with Gasteiger partial charge in [-0.15, -0.1) is 0 Å². The van der Waals surface area contributed by atoms with Crippen molar-refractivity contribution >= 4 is 32.6 Å². The molecule has 0 saturated carbocycles. The van der Waals surface area contributed by atoms with Gasteiger partial charge in [0.05, 0.1) is 17.0 Å². The Hall–Kier alpha value is -2.00. The quantitative estimate of drug-likeness (QED) is 0.789. The number of sulfone groups is 1. The Morgan fingerprint density at radius 2 is 1.75 bits per heavy atom. The van der Waals surface area contributed by atoms with Gasteiger partial charge < -0.3 is 15.1 Å². The van der Waals surface area contributed by atoms with Crippen molar-refractivity contribution < 1.29 is 8.42 Å². The van der Waals surface area contributed by atoms with Gasteiger partial charge in [0.1, 0.15) is 5.52 Å². The number of nitrogens with one attached hydrogen (secondary N) is 1. The molecule has 0 unspecified atom stereocenters. The third-order valence-electron chi connectivity index (χ3n) is 4.47. The van der Waals surface area contributed by atoms with Gasteiger partial charge in [-0.1, -0.05) is 0 Å².